The second kappa shape index (κ2) is 8.47. The molecule has 1 aromatic heterocycles. The molecule has 160 valence electrons. The van der Waals surface area contributed by atoms with E-state index in [0.29, 0.717) is 29.3 Å². The summed E-state index contributed by atoms with van der Waals surface area (Å²) >= 11 is 0. The molecule has 3 N–H and O–H groups in total. The number of carbonyl (C=O) groups is 2. The summed E-state index contributed by atoms with van der Waals surface area (Å²) in [6.07, 6.45) is 2.05. The van der Waals surface area contributed by atoms with Crippen LogP contribution >= 0.6 is 0 Å². The van der Waals surface area contributed by atoms with E-state index in [0.717, 1.165) is 22.0 Å². The molecular formula is C25H21N3O4. The number of benzene rings is 3. The number of rotatable bonds is 6. The van der Waals surface area contributed by atoms with E-state index in [9.17, 15) is 9.59 Å². The van der Waals surface area contributed by atoms with Crippen LogP contribution in [-0.4, -0.2) is 23.6 Å². The van der Waals surface area contributed by atoms with Gasteiger partial charge in [-0.2, -0.15) is 0 Å². The standard InChI is InChI=1S/C25H21N3O4/c29-24(12-17-14-26-20-7-3-1-5-18(17)20)28-21-8-4-2-6-19(21)25(30)27-13-16-9-10-22-23(11-16)32-15-31-22/h1-11,14,26H,12-13,15H2,(H,27,30)(H,28,29). The summed E-state index contributed by atoms with van der Waals surface area (Å²) in [6.45, 7) is 0.532. The van der Waals surface area contributed by atoms with Crippen molar-refractivity contribution >= 4 is 28.4 Å². The number of aromatic amines is 1. The number of aromatic nitrogens is 1. The van der Waals surface area contributed by atoms with Crippen molar-refractivity contribution in [1.82, 2.24) is 10.3 Å². The molecule has 0 radical (unpaired) electrons. The molecule has 0 unspecified atom stereocenters. The highest BCUT2D eigenvalue weighted by atomic mass is 16.7. The molecule has 2 amide bonds. The number of nitrogens with one attached hydrogen (secondary N) is 3. The van der Waals surface area contributed by atoms with Crippen LogP contribution in [0.15, 0.2) is 72.9 Å². The molecule has 5 rings (SSSR count). The van der Waals surface area contributed by atoms with E-state index >= 15 is 0 Å². The monoisotopic (exact) mass is 427 g/mol. The minimum absolute atomic E-state index is 0.189. The van der Waals surface area contributed by atoms with Gasteiger partial charge in [0, 0.05) is 23.6 Å². The Balaban J connectivity index is 1.26. The van der Waals surface area contributed by atoms with E-state index in [2.05, 4.69) is 15.6 Å². The minimum atomic E-state index is -0.273. The Kier molecular flexibility index (Phi) is 5.21. The van der Waals surface area contributed by atoms with Gasteiger partial charge in [-0.25, -0.2) is 0 Å². The molecule has 0 fully saturated rings. The van der Waals surface area contributed by atoms with Crippen molar-refractivity contribution in [2.75, 3.05) is 12.1 Å². The van der Waals surface area contributed by atoms with Gasteiger partial charge in [-0.3, -0.25) is 9.59 Å². The van der Waals surface area contributed by atoms with Crippen molar-refractivity contribution in [3.63, 3.8) is 0 Å². The number of carbonyl (C=O) groups excluding carboxylic acids is 2. The smallest absolute Gasteiger partial charge is 0.253 e. The van der Waals surface area contributed by atoms with Crippen LogP contribution in [0.25, 0.3) is 10.9 Å². The number of hydrogen-bond acceptors (Lipinski definition) is 4. The molecule has 1 aliphatic heterocycles. The largest absolute Gasteiger partial charge is 0.454 e. The van der Waals surface area contributed by atoms with Crippen LogP contribution in [0.4, 0.5) is 5.69 Å². The molecule has 0 aliphatic carbocycles. The van der Waals surface area contributed by atoms with Crippen LogP contribution in [-0.2, 0) is 17.8 Å². The van der Waals surface area contributed by atoms with Gasteiger partial charge in [-0.15, -0.1) is 0 Å². The number of ether oxygens (including phenoxy) is 2. The lowest BCUT2D eigenvalue weighted by Gasteiger charge is -2.12. The van der Waals surface area contributed by atoms with Crippen molar-refractivity contribution < 1.29 is 19.1 Å². The summed E-state index contributed by atoms with van der Waals surface area (Å²) < 4.78 is 10.7. The quantitative estimate of drug-likeness (QED) is 0.434. The van der Waals surface area contributed by atoms with Crippen LogP contribution in [0.5, 0.6) is 11.5 Å². The lowest BCUT2D eigenvalue weighted by Crippen LogP contribution is -2.25. The predicted molar refractivity (Wildman–Crippen MR) is 121 cm³/mol. The van der Waals surface area contributed by atoms with Crippen LogP contribution < -0.4 is 20.1 Å². The first kappa shape index (κ1) is 19.7. The van der Waals surface area contributed by atoms with E-state index in [-0.39, 0.29) is 25.0 Å². The average molecular weight is 427 g/mol. The summed E-state index contributed by atoms with van der Waals surface area (Å²) in [5, 5.41) is 6.79. The number of fused-ring (bicyclic) bond motifs is 2. The van der Waals surface area contributed by atoms with Gasteiger partial charge >= 0.3 is 0 Å². The molecule has 4 aromatic rings. The zero-order chi connectivity index (χ0) is 21.9. The fraction of sp³-hybridized carbons (Fsp3) is 0.120. The predicted octanol–water partition coefficient (Wildman–Crippen LogP) is 4.01. The van der Waals surface area contributed by atoms with Crippen molar-refractivity contribution in [3.05, 3.63) is 89.6 Å². The van der Waals surface area contributed by atoms with Gasteiger partial charge in [0.15, 0.2) is 11.5 Å². The maximum absolute atomic E-state index is 12.8. The second-order valence-corrected chi connectivity index (χ2v) is 7.50. The topological polar surface area (TPSA) is 92.5 Å². The molecule has 7 heteroatoms. The highest BCUT2D eigenvalue weighted by molar-refractivity contribution is 6.04. The highest BCUT2D eigenvalue weighted by Gasteiger charge is 2.16. The van der Waals surface area contributed by atoms with Gasteiger partial charge in [0.1, 0.15) is 0 Å². The van der Waals surface area contributed by atoms with Crippen LogP contribution in [0, 0.1) is 0 Å². The fourth-order valence-corrected chi connectivity index (χ4v) is 3.76. The van der Waals surface area contributed by atoms with Gasteiger partial charge in [0.05, 0.1) is 17.7 Å². The van der Waals surface area contributed by atoms with E-state index in [4.69, 9.17) is 9.47 Å². The molecule has 0 saturated carbocycles. The third-order valence-corrected chi connectivity index (χ3v) is 5.36. The van der Waals surface area contributed by atoms with Gasteiger partial charge in [-0.1, -0.05) is 36.4 Å². The third-order valence-electron chi connectivity index (χ3n) is 5.36. The summed E-state index contributed by atoms with van der Waals surface area (Å²) in [6, 6.07) is 20.4. The normalized spacial score (nSPS) is 12.0. The first-order chi connectivity index (χ1) is 15.7. The SMILES string of the molecule is O=C(Cc1c[nH]c2ccccc12)Nc1ccccc1C(=O)NCc1ccc2c(c1)OCO2. The Hall–Kier alpha value is -4.26. The summed E-state index contributed by atoms with van der Waals surface area (Å²) in [5.41, 5.74) is 3.66. The van der Waals surface area contributed by atoms with Crippen LogP contribution in [0.1, 0.15) is 21.5 Å². The molecule has 3 aromatic carbocycles. The Labute approximate surface area is 184 Å². The van der Waals surface area contributed by atoms with E-state index < -0.39 is 0 Å². The summed E-state index contributed by atoms with van der Waals surface area (Å²) in [4.78, 5) is 28.7. The molecule has 0 saturated heterocycles. The summed E-state index contributed by atoms with van der Waals surface area (Å²) in [5.74, 6) is 0.904. The van der Waals surface area contributed by atoms with Crippen molar-refractivity contribution in [1.29, 1.82) is 0 Å². The zero-order valence-electron chi connectivity index (χ0n) is 17.2. The van der Waals surface area contributed by atoms with E-state index in [1.165, 1.54) is 0 Å². The third kappa shape index (κ3) is 4.00. The minimum Gasteiger partial charge on any atom is -0.454 e. The maximum atomic E-state index is 12.8. The molecule has 7 nitrogen and oxygen atoms in total. The maximum Gasteiger partial charge on any atom is 0.253 e. The summed E-state index contributed by atoms with van der Waals surface area (Å²) in [7, 11) is 0. The number of para-hydroxylation sites is 2. The number of anilines is 1. The molecule has 2 heterocycles. The first-order valence-corrected chi connectivity index (χ1v) is 10.3. The number of H-pyrrole nitrogens is 1. The van der Waals surface area contributed by atoms with Crippen molar-refractivity contribution in [2.24, 2.45) is 0 Å². The van der Waals surface area contributed by atoms with Gasteiger partial charge in [0.2, 0.25) is 12.7 Å². The molecule has 1 aliphatic rings. The lowest BCUT2D eigenvalue weighted by atomic mass is 10.1. The molecular weight excluding hydrogens is 406 g/mol. The lowest BCUT2D eigenvalue weighted by molar-refractivity contribution is -0.115. The van der Waals surface area contributed by atoms with E-state index in [1.54, 1.807) is 24.3 Å². The fourth-order valence-electron chi connectivity index (χ4n) is 3.76. The van der Waals surface area contributed by atoms with Crippen LogP contribution in [0.2, 0.25) is 0 Å². The van der Waals surface area contributed by atoms with E-state index in [1.807, 2.05) is 48.7 Å². The average Bonchev–Trinajstić information content (AvgIpc) is 3.44. The number of hydrogen-bond donors (Lipinski definition) is 3. The first-order valence-electron chi connectivity index (χ1n) is 10.3. The van der Waals surface area contributed by atoms with Gasteiger partial charge in [-0.05, 0) is 41.5 Å². The van der Waals surface area contributed by atoms with Gasteiger partial charge < -0.3 is 25.1 Å². The highest BCUT2D eigenvalue weighted by Crippen LogP contribution is 2.32. The molecule has 0 spiro atoms. The van der Waals surface area contributed by atoms with Crippen molar-refractivity contribution in [2.45, 2.75) is 13.0 Å². The number of amides is 2. The molecule has 0 bridgehead atoms. The Morgan fingerprint density at radius 1 is 0.938 bits per heavy atom. The second-order valence-electron chi connectivity index (χ2n) is 7.50. The van der Waals surface area contributed by atoms with Crippen molar-refractivity contribution in [3.8, 4) is 11.5 Å². The zero-order valence-corrected chi connectivity index (χ0v) is 17.2. The van der Waals surface area contributed by atoms with Gasteiger partial charge in [0.25, 0.3) is 5.91 Å². The Bertz CT molecular complexity index is 1310. The Morgan fingerprint density at radius 2 is 1.75 bits per heavy atom. The molecule has 0 atom stereocenters. The Morgan fingerprint density at radius 3 is 2.69 bits per heavy atom. The van der Waals surface area contributed by atoms with Crippen LogP contribution in [0.3, 0.4) is 0 Å². The molecule has 32 heavy (non-hydrogen) atoms.